The van der Waals surface area contributed by atoms with Crippen LogP contribution in [0.5, 0.6) is 0 Å². The third-order valence-corrected chi connectivity index (χ3v) is 4.20. The van der Waals surface area contributed by atoms with Gasteiger partial charge in [-0.05, 0) is 0 Å². The largest absolute Gasteiger partial charge is 0.285 e. The normalized spacial score (nSPS) is 14.2. The summed E-state index contributed by atoms with van der Waals surface area (Å²) in [6, 6.07) is 0. The summed E-state index contributed by atoms with van der Waals surface area (Å²) in [7, 11) is 7.17. The van der Waals surface area contributed by atoms with E-state index in [1.54, 1.807) is 0 Å². The van der Waals surface area contributed by atoms with Crippen molar-refractivity contribution in [3.63, 3.8) is 0 Å². The van der Waals surface area contributed by atoms with Gasteiger partial charge in [-0.2, -0.15) is 0 Å². The van der Waals surface area contributed by atoms with E-state index in [2.05, 4.69) is 0 Å². The summed E-state index contributed by atoms with van der Waals surface area (Å²) in [5.74, 6) is -0.630. The van der Waals surface area contributed by atoms with Gasteiger partial charge in [-0.1, -0.05) is 71.2 Å². The number of amides is 8. The van der Waals surface area contributed by atoms with Crippen LogP contribution in [0, 0.1) is 0 Å². The van der Waals surface area contributed by atoms with Crippen LogP contribution >= 0.6 is 0 Å². The molecular weight excluding hydrogens is 858 g/mol. The zero-order valence-corrected chi connectivity index (χ0v) is 33.1. The second-order valence-electron chi connectivity index (χ2n) is 6.09. The van der Waals surface area contributed by atoms with E-state index < -0.39 is 0 Å². The van der Waals surface area contributed by atoms with Gasteiger partial charge in [-0.15, -0.1) is 0 Å². The van der Waals surface area contributed by atoms with Crippen molar-refractivity contribution in [1.29, 1.82) is 0 Å². The van der Waals surface area contributed by atoms with Crippen molar-refractivity contribution < 1.29 is 126 Å². The molecule has 0 N–H and O–H groups in total. The van der Waals surface area contributed by atoms with E-state index in [-0.39, 0.29) is 182 Å². The van der Waals surface area contributed by atoms with Crippen molar-refractivity contribution in [1.82, 2.24) is 19.6 Å². The Hall–Kier alpha value is -0.544. The SMILES string of the molecule is C.C.C.CC.CC.CC.CN1C(=O)CC1=O.CN1C(=O)CC1=O.CN1C(=O)CC1=O.CN1C(=O)CC1=O.[2H]C.[W].[Y].[Y]. The first-order valence-corrected chi connectivity index (χ1v) is 11.0. The van der Waals surface area contributed by atoms with Crippen molar-refractivity contribution >= 4 is 47.3 Å². The predicted molar refractivity (Wildman–Crippen MR) is 151 cm³/mol. The van der Waals surface area contributed by atoms with Crippen LogP contribution in [0.3, 0.4) is 0 Å². The Balaban J connectivity index is -0.0000000360. The molecule has 4 heterocycles. The molecule has 15 heteroatoms. The molecule has 4 rings (SSSR count). The first-order valence-electron chi connectivity index (χ1n) is 12.0. The van der Waals surface area contributed by atoms with E-state index in [9.17, 15) is 38.4 Å². The molecule has 0 aromatic rings. The fraction of sp³-hybridized carbons (Fsp3) is 0.692. The molecule has 0 aliphatic carbocycles. The van der Waals surface area contributed by atoms with Crippen molar-refractivity contribution in [2.45, 2.75) is 96.9 Å². The number of nitrogens with zero attached hydrogens (tertiary/aromatic N) is 4. The second kappa shape index (κ2) is 37.5. The molecule has 0 spiro atoms. The van der Waals surface area contributed by atoms with Crippen LogP contribution < -0.4 is 0 Å². The van der Waals surface area contributed by atoms with E-state index in [4.69, 9.17) is 1.37 Å². The van der Waals surface area contributed by atoms with Crippen LogP contribution in [0.4, 0.5) is 0 Å². The molecule has 4 fully saturated rings. The summed E-state index contributed by atoms with van der Waals surface area (Å²) in [5, 5.41) is 0. The Kier molecular flexibility index (Phi) is 58.2. The van der Waals surface area contributed by atoms with Crippen LogP contribution in [0.1, 0.15) is 98.3 Å². The summed E-state index contributed by atoms with van der Waals surface area (Å²) >= 11 is 0. The predicted octanol–water partition coefficient (Wildman–Crippen LogP) is 3.12. The van der Waals surface area contributed by atoms with Gasteiger partial charge in [0.1, 0.15) is 25.7 Å². The van der Waals surface area contributed by atoms with Gasteiger partial charge in [0.15, 0.2) is 0 Å². The minimum absolute atomic E-state index is 0. The van der Waals surface area contributed by atoms with E-state index in [0.717, 1.165) is 19.6 Å². The Morgan fingerprint density at radius 1 is 0.390 bits per heavy atom. The smallest absolute Gasteiger partial charge is 0.238 e. The monoisotopic (exact) mass is 913 g/mol. The quantitative estimate of drug-likeness (QED) is 0.266. The number of imide groups is 4. The third-order valence-electron chi connectivity index (χ3n) is 4.20. The fourth-order valence-electron chi connectivity index (χ4n) is 1.66. The van der Waals surface area contributed by atoms with Gasteiger partial charge in [0, 0.05) is 116 Å². The molecule has 4 aliphatic rings. The summed E-state index contributed by atoms with van der Waals surface area (Å²) in [6.45, 7) is 12.0. The van der Waals surface area contributed by atoms with E-state index in [1.165, 1.54) is 35.6 Å². The standard InChI is InChI=1S/4C4H5NO2.3C2H6.4CH4.W.2Y/c4*1-5-3(6)2-4(5)7;3*1-2;;;;;;;/h4*2H2,1H3;3*1-2H3;4*1H4;;;/i;;;;;;;1D;;;;;;. The first-order chi connectivity index (χ1) is 16.9. The number of β-lactam (4-membered cyclic amide) rings is 8. The maximum absolute atomic E-state index is 10.1. The zero-order valence-electron chi connectivity index (χ0n) is 25.4. The number of rotatable bonds is 0. The topological polar surface area (TPSA) is 150 Å². The third kappa shape index (κ3) is 24.6. The van der Waals surface area contributed by atoms with Crippen molar-refractivity contribution in [3.05, 3.63) is 0 Å². The summed E-state index contributed by atoms with van der Waals surface area (Å²) < 4.78 is 5.75. The maximum atomic E-state index is 10.1. The number of carbonyl (C=O) groups excluding carboxylic acids is 8. The molecule has 4 saturated heterocycles. The Bertz CT molecular complexity index is 622. The Morgan fingerprint density at radius 3 is 0.463 bits per heavy atom. The van der Waals surface area contributed by atoms with Crippen molar-refractivity contribution in [2.75, 3.05) is 28.2 Å². The van der Waals surface area contributed by atoms with E-state index in [1.807, 2.05) is 41.5 Å². The van der Waals surface area contributed by atoms with Crippen molar-refractivity contribution in [2.24, 2.45) is 0 Å². The van der Waals surface area contributed by atoms with E-state index >= 15 is 0 Å². The van der Waals surface area contributed by atoms with Gasteiger partial charge in [0.2, 0.25) is 47.3 Å². The zero-order chi connectivity index (χ0) is 29.8. The molecule has 0 unspecified atom stereocenters. The summed E-state index contributed by atoms with van der Waals surface area (Å²) in [4.78, 5) is 85.6. The average molecular weight is 913 g/mol. The van der Waals surface area contributed by atoms with Gasteiger partial charge >= 0.3 is 0 Å². The Labute approximate surface area is 315 Å². The van der Waals surface area contributed by atoms with Gasteiger partial charge in [-0.3, -0.25) is 58.0 Å². The molecule has 238 valence electrons. The molecule has 0 saturated carbocycles. The molecule has 0 bridgehead atoms. The molecule has 0 aromatic carbocycles. The van der Waals surface area contributed by atoms with Gasteiger partial charge in [0.05, 0.1) is 0 Å². The molecule has 0 atom stereocenters. The van der Waals surface area contributed by atoms with Crippen LogP contribution in [-0.2, 0) is 125 Å². The Morgan fingerprint density at radius 2 is 0.463 bits per heavy atom. The number of hydrogen-bond acceptors (Lipinski definition) is 8. The molecule has 4 aliphatic heterocycles. The van der Waals surface area contributed by atoms with Crippen molar-refractivity contribution in [3.8, 4) is 0 Å². The minimum Gasteiger partial charge on any atom is -0.285 e. The van der Waals surface area contributed by atoms with Crippen LogP contribution in [-0.4, -0.2) is 95.0 Å². The molecule has 12 nitrogen and oxygen atoms in total. The van der Waals surface area contributed by atoms with Crippen LogP contribution in [0.2, 0.25) is 0 Å². The van der Waals surface area contributed by atoms with Gasteiger partial charge < -0.3 is 0 Å². The number of likely N-dealkylation sites (tertiary alicyclic amines) is 4. The van der Waals surface area contributed by atoms with Gasteiger partial charge in [0.25, 0.3) is 0 Å². The van der Waals surface area contributed by atoms with Gasteiger partial charge in [-0.25, -0.2) is 0 Å². The second-order valence-corrected chi connectivity index (χ2v) is 6.09. The molecule has 2 radical (unpaired) electrons. The molecule has 8 amide bonds. The van der Waals surface area contributed by atoms with Crippen LogP contribution in [0.15, 0.2) is 0 Å². The van der Waals surface area contributed by atoms with E-state index in [0.29, 0.717) is 0 Å². The number of carbonyl (C=O) groups is 8. The molecule has 41 heavy (non-hydrogen) atoms. The molecule has 0 aromatic heterocycles. The molecular formula is C26H54N4O8WY2. The first kappa shape index (κ1) is 63.7. The fourth-order valence-corrected chi connectivity index (χ4v) is 1.66. The number of hydrogen-bond donors (Lipinski definition) is 0. The average Bonchev–Trinajstić information content (AvgIpc) is 2.94. The summed E-state index contributed by atoms with van der Waals surface area (Å²) in [5.41, 5.74) is 0. The maximum Gasteiger partial charge on any atom is 0.238 e. The van der Waals surface area contributed by atoms with Crippen LogP contribution in [0.25, 0.3) is 0 Å². The summed E-state index contributed by atoms with van der Waals surface area (Å²) in [6.07, 6.45) is 0.431. The minimum atomic E-state index is -0.0787.